The summed E-state index contributed by atoms with van der Waals surface area (Å²) in [6.45, 7) is 8.25. The van der Waals surface area contributed by atoms with E-state index in [0.717, 1.165) is 27.4 Å². The summed E-state index contributed by atoms with van der Waals surface area (Å²) in [6, 6.07) is 14.2. The lowest BCUT2D eigenvalue weighted by molar-refractivity contribution is 0.00578. The van der Waals surface area contributed by atoms with Crippen LogP contribution >= 0.6 is 0 Å². The van der Waals surface area contributed by atoms with Crippen molar-refractivity contribution in [2.24, 2.45) is 0 Å². The predicted octanol–water partition coefficient (Wildman–Crippen LogP) is 3.89. The molecule has 0 N–H and O–H groups in total. The molecule has 1 aliphatic rings. The van der Waals surface area contributed by atoms with Gasteiger partial charge in [-0.05, 0) is 33.8 Å². The van der Waals surface area contributed by atoms with Crippen molar-refractivity contribution in [1.82, 2.24) is 0 Å². The van der Waals surface area contributed by atoms with Crippen molar-refractivity contribution in [3.8, 4) is 0 Å². The molecule has 0 amide bonds. The lowest BCUT2D eigenvalue weighted by atomic mass is 9.78. The van der Waals surface area contributed by atoms with Crippen LogP contribution in [0.1, 0.15) is 27.7 Å². The maximum Gasteiger partial charge on any atom is 0.498 e. The first kappa shape index (κ1) is 13.9. The zero-order valence-corrected chi connectivity index (χ0v) is 13.3. The number of hydrogen-bond acceptors (Lipinski definition) is 3. The molecule has 0 radical (unpaired) electrons. The predicted molar refractivity (Wildman–Crippen MR) is 89.4 cm³/mol. The van der Waals surface area contributed by atoms with E-state index in [2.05, 4.69) is 39.8 Å². The largest absolute Gasteiger partial charge is 0.498 e. The van der Waals surface area contributed by atoms with E-state index in [9.17, 15) is 0 Å². The first-order valence-electron chi connectivity index (χ1n) is 7.65. The van der Waals surface area contributed by atoms with Crippen LogP contribution in [-0.4, -0.2) is 18.3 Å². The second-order valence-corrected chi connectivity index (χ2v) is 6.91. The Labute approximate surface area is 130 Å². The highest BCUT2D eigenvalue weighted by Crippen LogP contribution is 2.37. The second-order valence-electron chi connectivity index (χ2n) is 6.91. The summed E-state index contributed by atoms with van der Waals surface area (Å²) < 4.78 is 18.4. The Bertz CT molecular complexity index is 847. The zero-order chi connectivity index (χ0) is 15.5. The van der Waals surface area contributed by atoms with E-state index < -0.39 is 7.12 Å². The van der Waals surface area contributed by atoms with Gasteiger partial charge in [0, 0.05) is 16.2 Å². The number of hydrogen-bond donors (Lipinski definition) is 0. The number of rotatable bonds is 1. The quantitative estimate of drug-likeness (QED) is 0.638. The van der Waals surface area contributed by atoms with Gasteiger partial charge in [-0.3, -0.25) is 0 Å². The monoisotopic (exact) mass is 294 g/mol. The fraction of sp³-hybridized carbons (Fsp3) is 0.333. The maximum absolute atomic E-state index is 6.17. The highest BCUT2D eigenvalue weighted by molar-refractivity contribution is 6.65. The molecule has 0 saturated carbocycles. The van der Waals surface area contributed by atoms with E-state index in [0.29, 0.717) is 0 Å². The van der Waals surface area contributed by atoms with Crippen LogP contribution in [0.15, 0.2) is 46.9 Å². The van der Waals surface area contributed by atoms with E-state index in [1.807, 2.05) is 30.3 Å². The molecule has 4 rings (SSSR count). The van der Waals surface area contributed by atoms with Crippen molar-refractivity contribution in [1.29, 1.82) is 0 Å². The molecule has 1 aromatic heterocycles. The standard InChI is InChI=1S/C18H19BO3/c1-17(2)18(3,4)22-19(21-17)14-10-7-9-13-12-8-5-6-11-15(12)20-16(13)14/h5-11H,1-4H3. The Balaban J connectivity index is 1.90. The zero-order valence-electron chi connectivity index (χ0n) is 13.3. The van der Waals surface area contributed by atoms with Crippen LogP contribution in [0.4, 0.5) is 0 Å². The summed E-state index contributed by atoms with van der Waals surface area (Å²) >= 11 is 0. The molecule has 1 fully saturated rings. The van der Waals surface area contributed by atoms with Gasteiger partial charge in [0.2, 0.25) is 0 Å². The normalized spacial score (nSPS) is 20.1. The van der Waals surface area contributed by atoms with Gasteiger partial charge in [-0.2, -0.15) is 0 Å². The molecule has 3 nitrogen and oxygen atoms in total. The van der Waals surface area contributed by atoms with Gasteiger partial charge in [0.1, 0.15) is 11.2 Å². The fourth-order valence-corrected chi connectivity index (χ4v) is 2.92. The summed E-state index contributed by atoms with van der Waals surface area (Å²) in [5, 5.41) is 2.22. The summed E-state index contributed by atoms with van der Waals surface area (Å²) in [7, 11) is -0.408. The van der Waals surface area contributed by atoms with Crippen LogP contribution in [-0.2, 0) is 9.31 Å². The Morgan fingerprint density at radius 3 is 2.14 bits per heavy atom. The van der Waals surface area contributed by atoms with Gasteiger partial charge in [0.15, 0.2) is 0 Å². The minimum atomic E-state index is -0.408. The summed E-state index contributed by atoms with van der Waals surface area (Å²) in [6.07, 6.45) is 0. The average Bonchev–Trinajstić information content (AvgIpc) is 2.93. The van der Waals surface area contributed by atoms with Gasteiger partial charge in [-0.1, -0.05) is 36.4 Å². The molecular weight excluding hydrogens is 275 g/mol. The fourth-order valence-electron chi connectivity index (χ4n) is 2.92. The molecule has 0 spiro atoms. The Morgan fingerprint density at radius 1 is 0.773 bits per heavy atom. The number of para-hydroxylation sites is 2. The molecule has 0 atom stereocenters. The van der Waals surface area contributed by atoms with Crippen LogP contribution in [0.2, 0.25) is 0 Å². The molecule has 0 bridgehead atoms. The van der Waals surface area contributed by atoms with Crippen LogP contribution in [0.5, 0.6) is 0 Å². The van der Waals surface area contributed by atoms with E-state index in [1.165, 1.54) is 0 Å². The molecular formula is C18H19BO3. The maximum atomic E-state index is 6.17. The first-order valence-corrected chi connectivity index (χ1v) is 7.65. The first-order chi connectivity index (χ1) is 10.4. The van der Waals surface area contributed by atoms with Gasteiger partial charge in [-0.25, -0.2) is 0 Å². The molecule has 1 saturated heterocycles. The minimum Gasteiger partial charge on any atom is -0.456 e. The Morgan fingerprint density at radius 2 is 1.41 bits per heavy atom. The van der Waals surface area contributed by atoms with Crippen LogP contribution < -0.4 is 5.46 Å². The van der Waals surface area contributed by atoms with Crippen LogP contribution in [0.25, 0.3) is 21.9 Å². The molecule has 0 aliphatic carbocycles. The highest BCUT2D eigenvalue weighted by atomic mass is 16.7. The Kier molecular flexibility index (Phi) is 2.75. The molecule has 2 aromatic carbocycles. The minimum absolute atomic E-state index is 0.355. The van der Waals surface area contributed by atoms with Crippen molar-refractivity contribution in [2.75, 3.05) is 0 Å². The number of benzene rings is 2. The SMILES string of the molecule is CC1(C)OB(c2cccc3c2oc2ccccc23)OC1(C)C. The van der Waals surface area contributed by atoms with Crippen LogP contribution in [0, 0.1) is 0 Å². The second kappa shape index (κ2) is 4.37. The van der Waals surface area contributed by atoms with E-state index in [1.54, 1.807) is 0 Å². The lowest BCUT2D eigenvalue weighted by Gasteiger charge is -2.32. The number of furan rings is 1. The van der Waals surface area contributed by atoms with Crippen molar-refractivity contribution in [3.63, 3.8) is 0 Å². The molecule has 3 aromatic rings. The Hall–Kier alpha value is -1.78. The molecule has 4 heteroatoms. The average molecular weight is 294 g/mol. The summed E-state index contributed by atoms with van der Waals surface area (Å²) in [5.41, 5.74) is 1.98. The van der Waals surface area contributed by atoms with Gasteiger partial charge in [0.05, 0.1) is 11.2 Å². The molecule has 1 aliphatic heterocycles. The van der Waals surface area contributed by atoms with Crippen molar-refractivity contribution >= 4 is 34.5 Å². The lowest BCUT2D eigenvalue weighted by Crippen LogP contribution is -2.41. The molecule has 2 heterocycles. The van der Waals surface area contributed by atoms with Crippen molar-refractivity contribution in [3.05, 3.63) is 42.5 Å². The van der Waals surface area contributed by atoms with E-state index in [4.69, 9.17) is 13.7 Å². The molecule has 0 unspecified atom stereocenters. The van der Waals surface area contributed by atoms with Crippen molar-refractivity contribution in [2.45, 2.75) is 38.9 Å². The summed E-state index contributed by atoms with van der Waals surface area (Å²) in [4.78, 5) is 0. The van der Waals surface area contributed by atoms with Crippen LogP contribution in [0.3, 0.4) is 0 Å². The van der Waals surface area contributed by atoms with Crippen molar-refractivity contribution < 1.29 is 13.7 Å². The van der Waals surface area contributed by atoms with E-state index >= 15 is 0 Å². The topological polar surface area (TPSA) is 31.6 Å². The van der Waals surface area contributed by atoms with Gasteiger partial charge in [-0.15, -0.1) is 0 Å². The molecule has 112 valence electrons. The van der Waals surface area contributed by atoms with Gasteiger partial charge in [0.25, 0.3) is 0 Å². The third-order valence-corrected chi connectivity index (χ3v) is 4.94. The van der Waals surface area contributed by atoms with Gasteiger partial charge >= 0.3 is 7.12 Å². The van der Waals surface area contributed by atoms with Gasteiger partial charge < -0.3 is 13.7 Å². The van der Waals surface area contributed by atoms with E-state index in [-0.39, 0.29) is 11.2 Å². The smallest absolute Gasteiger partial charge is 0.456 e. The summed E-state index contributed by atoms with van der Waals surface area (Å²) in [5.74, 6) is 0. The third kappa shape index (κ3) is 1.84. The third-order valence-electron chi connectivity index (χ3n) is 4.94. The highest BCUT2D eigenvalue weighted by Gasteiger charge is 2.52. The number of fused-ring (bicyclic) bond motifs is 3. The molecule has 22 heavy (non-hydrogen) atoms.